The third-order valence-corrected chi connectivity index (χ3v) is 2.54. The standard InChI is InChI=1S/C12H10F3N3O/c1-7-5-9-8(3-2-4-10(9)18-17-7)6-16-11(19)12(13,14)15/h2-5H,6H2,1H3,(H,16,19). The number of hydrogen-bond acceptors (Lipinski definition) is 3. The topological polar surface area (TPSA) is 54.9 Å². The van der Waals surface area contributed by atoms with Gasteiger partial charge >= 0.3 is 12.1 Å². The molecule has 19 heavy (non-hydrogen) atoms. The average molecular weight is 269 g/mol. The predicted octanol–water partition coefficient (Wildman–Crippen LogP) is 2.12. The first-order valence-electron chi connectivity index (χ1n) is 5.45. The molecule has 0 aliphatic heterocycles. The summed E-state index contributed by atoms with van der Waals surface area (Å²) in [5.41, 5.74) is 1.79. The Balaban J connectivity index is 2.26. The summed E-state index contributed by atoms with van der Waals surface area (Å²) in [6.45, 7) is 1.53. The van der Waals surface area contributed by atoms with E-state index >= 15 is 0 Å². The number of alkyl halides is 3. The van der Waals surface area contributed by atoms with Gasteiger partial charge in [-0.25, -0.2) is 0 Å². The summed E-state index contributed by atoms with van der Waals surface area (Å²) in [5, 5.41) is 10.3. The Morgan fingerprint density at radius 3 is 2.74 bits per heavy atom. The molecular formula is C12H10F3N3O. The van der Waals surface area contributed by atoms with Gasteiger partial charge < -0.3 is 5.32 Å². The van der Waals surface area contributed by atoms with Crippen molar-refractivity contribution < 1.29 is 18.0 Å². The summed E-state index contributed by atoms with van der Waals surface area (Å²) in [6, 6.07) is 6.72. The highest BCUT2D eigenvalue weighted by Crippen LogP contribution is 2.18. The average Bonchev–Trinajstić information content (AvgIpc) is 2.34. The molecule has 2 rings (SSSR count). The van der Waals surface area contributed by atoms with Gasteiger partial charge in [0.25, 0.3) is 0 Å². The van der Waals surface area contributed by atoms with Crippen LogP contribution in [0.25, 0.3) is 10.9 Å². The normalized spacial score (nSPS) is 11.6. The molecule has 0 spiro atoms. The van der Waals surface area contributed by atoms with Crippen molar-refractivity contribution >= 4 is 16.8 Å². The van der Waals surface area contributed by atoms with E-state index in [-0.39, 0.29) is 6.54 Å². The largest absolute Gasteiger partial charge is 0.471 e. The van der Waals surface area contributed by atoms with Crippen molar-refractivity contribution in [2.75, 3.05) is 0 Å². The van der Waals surface area contributed by atoms with E-state index in [2.05, 4.69) is 10.2 Å². The number of halogens is 3. The van der Waals surface area contributed by atoms with Crippen LogP contribution in [-0.2, 0) is 11.3 Å². The second kappa shape index (κ2) is 4.83. The van der Waals surface area contributed by atoms with E-state index in [0.717, 1.165) is 0 Å². The molecule has 0 radical (unpaired) electrons. The molecule has 0 aliphatic rings. The molecule has 0 aliphatic carbocycles. The first-order valence-corrected chi connectivity index (χ1v) is 5.45. The molecule has 1 N–H and O–H groups in total. The van der Waals surface area contributed by atoms with Crippen molar-refractivity contribution in [2.45, 2.75) is 19.6 Å². The van der Waals surface area contributed by atoms with E-state index < -0.39 is 12.1 Å². The van der Waals surface area contributed by atoms with Gasteiger partial charge in [-0.3, -0.25) is 4.79 Å². The number of nitrogens with one attached hydrogen (secondary N) is 1. The van der Waals surface area contributed by atoms with Crippen molar-refractivity contribution in [2.24, 2.45) is 0 Å². The lowest BCUT2D eigenvalue weighted by atomic mass is 10.1. The molecule has 1 heterocycles. The lowest BCUT2D eigenvalue weighted by Gasteiger charge is -2.09. The van der Waals surface area contributed by atoms with E-state index in [4.69, 9.17) is 0 Å². The lowest BCUT2D eigenvalue weighted by molar-refractivity contribution is -0.173. The number of fused-ring (bicyclic) bond motifs is 1. The second-order valence-electron chi connectivity index (χ2n) is 4.02. The molecule has 0 fully saturated rings. The Hall–Kier alpha value is -2.18. The summed E-state index contributed by atoms with van der Waals surface area (Å²) in [7, 11) is 0. The van der Waals surface area contributed by atoms with E-state index in [1.54, 1.807) is 31.2 Å². The molecule has 2 aromatic rings. The third-order valence-electron chi connectivity index (χ3n) is 2.54. The molecule has 0 unspecified atom stereocenters. The van der Waals surface area contributed by atoms with Crippen molar-refractivity contribution in [3.05, 3.63) is 35.5 Å². The Labute approximate surface area is 106 Å². The van der Waals surface area contributed by atoms with Crippen molar-refractivity contribution in [3.63, 3.8) is 0 Å². The fourth-order valence-corrected chi connectivity index (χ4v) is 1.65. The van der Waals surface area contributed by atoms with Crippen LogP contribution in [0.1, 0.15) is 11.3 Å². The molecule has 0 atom stereocenters. The van der Waals surface area contributed by atoms with Crippen LogP contribution in [0.3, 0.4) is 0 Å². The minimum atomic E-state index is -4.87. The minimum absolute atomic E-state index is 0.208. The SMILES string of the molecule is Cc1cc2c(CNC(=O)C(F)(F)F)cccc2nn1. The number of carbonyl (C=O) groups excluding carboxylic acids is 1. The van der Waals surface area contributed by atoms with Gasteiger partial charge in [-0.05, 0) is 24.6 Å². The zero-order chi connectivity index (χ0) is 14.0. The van der Waals surface area contributed by atoms with Gasteiger partial charge in [-0.2, -0.15) is 23.4 Å². The highest BCUT2D eigenvalue weighted by Gasteiger charge is 2.38. The molecule has 100 valence electrons. The maximum Gasteiger partial charge on any atom is 0.471 e. The predicted molar refractivity (Wildman–Crippen MR) is 62.2 cm³/mol. The summed E-state index contributed by atoms with van der Waals surface area (Å²) >= 11 is 0. The molecule has 1 aromatic carbocycles. The lowest BCUT2D eigenvalue weighted by Crippen LogP contribution is -2.36. The van der Waals surface area contributed by atoms with E-state index in [0.29, 0.717) is 22.2 Å². The number of aromatic nitrogens is 2. The Morgan fingerprint density at radius 1 is 1.32 bits per heavy atom. The van der Waals surface area contributed by atoms with Crippen LogP contribution in [0.4, 0.5) is 13.2 Å². The molecule has 0 saturated carbocycles. The summed E-state index contributed by atoms with van der Waals surface area (Å²) in [4.78, 5) is 10.8. The number of amides is 1. The molecule has 7 heteroatoms. The Kier molecular flexibility index (Phi) is 3.37. The van der Waals surface area contributed by atoms with Crippen LogP contribution in [0.15, 0.2) is 24.3 Å². The summed E-state index contributed by atoms with van der Waals surface area (Å²) in [6.07, 6.45) is -4.87. The molecule has 0 bridgehead atoms. The van der Waals surface area contributed by atoms with Gasteiger partial charge in [0, 0.05) is 11.9 Å². The number of rotatable bonds is 2. The molecule has 4 nitrogen and oxygen atoms in total. The second-order valence-corrected chi connectivity index (χ2v) is 4.02. The van der Waals surface area contributed by atoms with Crippen LogP contribution in [0, 0.1) is 6.92 Å². The fourth-order valence-electron chi connectivity index (χ4n) is 1.65. The highest BCUT2D eigenvalue weighted by atomic mass is 19.4. The van der Waals surface area contributed by atoms with Crippen LogP contribution in [0.2, 0.25) is 0 Å². The summed E-state index contributed by atoms with van der Waals surface area (Å²) in [5.74, 6) is -1.96. The van der Waals surface area contributed by atoms with Crippen LogP contribution >= 0.6 is 0 Å². The molecule has 0 saturated heterocycles. The van der Waals surface area contributed by atoms with Gasteiger partial charge in [-0.15, -0.1) is 0 Å². The number of aryl methyl sites for hydroxylation is 1. The Morgan fingerprint density at radius 2 is 2.05 bits per heavy atom. The van der Waals surface area contributed by atoms with Crippen LogP contribution in [-0.4, -0.2) is 22.3 Å². The van der Waals surface area contributed by atoms with E-state index in [9.17, 15) is 18.0 Å². The number of hydrogen-bond donors (Lipinski definition) is 1. The van der Waals surface area contributed by atoms with Crippen molar-refractivity contribution in [3.8, 4) is 0 Å². The maximum absolute atomic E-state index is 12.1. The first-order chi connectivity index (χ1) is 8.88. The highest BCUT2D eigenvalue weighted by molar-refractivity contribution is 5.84. The molecular weight excluding hydrogens is 259 g/mol. The van der Waals surface area contributed by atoms with E-state index in [1.165, 1.54) is 0 Å². The van der Waals surface area contributed by atoms with E-state index in [1.807, 2.05) is 5.32 Å². The maximum atomic E-state index is 12.1. The fraction of sp³-hybridized carbons (Fsp3) is 0.250. The number of carbonyl (C=O) groups is 1. The van der Waals surface area contributed by atoms with Gasteiger partial charge in [0.1, 0.15) is 0 Å². The smallest absolute Gasteiger partial charge is 0.344 e. The van der Waals surface area contributed by atoms with Gasteiger partial charge in [0.15, 0.2) is 0 Å². The van der Waals surface area contributed by atoms with Gasteiger partial charge in [0.05, 0.1) is 11.2 Å². The zero-order valence-electron chi connectivity index (χ0n) is 9.95. The minimum Gasteiger partial charge on any atom is -0.344 e. The van der Waals surface area contributed by atoms with Gasteiger partial charge in [0.2, 0.25) is 0 Å². The molecule has 1 amide bonds. The quantitative estimate of drug-likeness (QED) is 0.908. The Bertz CT molecular complexity index is 625. The van der Waals surface area contributed by atoms with Crippen molar-refractivity contribution in [1.29, 1.82) is 0 Å². The zero-order valence-corrected chi connectivity index (χ0v) is 9.95. The van der Waals surface area contributed by atoms with Gasteiger partial charge in [-0.1, -0.05) is 12.1 Å². The number of benzene rings is 1. The third kappa shape index (κ3) is 2.98. The van der Waals surface area contributed by atoms with Crippen LogP contribution < -0.4 is 5.32 Å². The summed E-state index contributed by atoms with van der Waals surface area (Å²) < 4.78 is 36.3. The molecule has 1 aromatic heterocycles. The first kappa shape index (κ1) is 13.3. The van der Waals surface area contributed by atoms with Crippen molar-refractivity contribution in [1.82, 2.24) is 15.5 Å². The van der Waals surface area contributed by atoms with Crippen LogP contribution in [0.5, 0.6) is 0 Å². The number of nitrogens with zero attached hydrogens (tertiary/aromatic N) is 2. The monoisotopic (exact) mass is 269 g/mol.